The Balaban J connectivity index is 2.87. The van der Waals surface area contributed by atoms with Gasteiger partial charge in [0.15, 0.2) is 0 Å². The van der Waals surface area contributed by atoms with Gasteiger partial charge in [0.25, 0.3) is 0 Å². The first-order valence-electron chi connectivity index (χ1n) is 5.32. The molecule has 1 aliphatic heterocycles. The van der Waals surface area contributed by atoms with Crippen LogP contribution in [0, 0.1) is 10.8 Å². The zero-order valence-electron chi connectivity index (χ0n) is 9.92. The quantitative estimate of drug-likeness (QED) is 0.614. The first kappa shape index (κ1) is 11.8. The zero-order chi connectivity index (χ0) is 10.8. The van der Waals surface area contributed by atoms with Gasteiger partial charge in [0.1, 0.15) is 0 Å². The van der Waals surface area contributed by atoms with E-state index in [1.807, 2.05) is 0 Å². The molecule has 1 atom stereocenters. The van der Waals surface area contributed by atoms with Crippen molar-refractivity contribution in [2.24, 2.45) is 15.2 Å². The van der Waals surface area contributed by atoms with Crippen LogP contribution in [0.5, 0.6) is 0 Å². The molecule has 1 unspecified atom stereocenters. The molecule has 1 heterocycles. The fourth-order valence-electron chi connectivity index (χ4n) is 1.60. The van der Waals surface area contributed by atoms with E-state index in [0.29, 0.717) is 0 Å². The van der Waals surface area contributed by atoms with E-state index in [4.69, 9.17) is 0 Å². The number of rotatable bonds is 2. The monoisotopic (exact) mass is 211 g/mol. The predicted molar refractivity (Wildman–Crippen MR) is 66.6 cm³/mol. The van der Waals surface area contributed by atoms with E-state index in [9.17, 15) is 0 Å². The van der Waals surface area contributed by atoms with Crippen molar-refractivity contribution in [3.05, 3.63) is 11.0 Å². The Hall–Kier alpha value is -0.240. The number of hydrogen-bond acceptors (Lipinski definition) is 2. The highest BCUT2D eigenvalue weighted by Crippen LogP contribution is 2.42. The molecule has 1 rings (SSSR count). The maximum Gasteiger partial charge on any atom is 0.0227 e. The second-order valence-corrected chi connectivity index (χ2v) is 6.17. The molecule has 0 aliphatic carbocycles. The maximum atomic E-state index is 4.42. The third kappa shape index (κ3) is 2.88. The summed E-state index contributed by atoms with van der Waals surface area (Å²) in [5, 5.41) is 0. The molecule has 2 heteroatoms. The molecule has 0 aromatic rings. The lowest BCUT2D eigenvalue weighted by molar-refractivity contribution is 0.495. The lowest BCUT2D eigenvalue weighted by Gasteiger charge is -2.30. The van der Waals surface area contributed by atoms with Gasteiger partial charge in [-0.05, 0) is 11.8 Å². The summed E-state index contributed by atoms with van der Waals surface area (Å²) in [5.41, 5.74) is 0.417. The second-order valence-electron chi connectivity index (χ2n) is 5.34. The van der Waals surface area contributed by atoms with Gasteiger partial charge in [-0.1, -0.05) is 47.1 Å². The Bertz CT molecular complexity index is 260. The second kappa shape index (κ2) is 4.09. The summed E-state index contributed by atoms with van der Waals surface area (Å²) in [6, 6.07) is 0. The summed E-state index contributed by atoms with van der Waals surface area (Å²) in [4.78, 5) is 1.40. The summed E-state index contributed by atoms with van der Waals surface area (Å²) in [6.07, 6.45) is 6.89. The van der Waals surface area contributed by atoms with Crippen LogP contribution in [0.4, 0.5) is 0 Å². The molecule has 0 saturated carbocycles. The van der Waals surface area contributed by atoms with Crippen LogP contribution in [0.2, 0.25) is 0 Å². The minimum absolute atomic E-state index is 0.183. The van der Waals surface area contributed by atoms with Crippen LogP contribution < -0.4 is 0 Å². The van der Waals surface area contributed by atoms with Crippen LogP contribution in [-0.4, -0.2) is 6.21 Å². The van der Waals surface area contributed by atoms with Gasteiger partial charge in [-0.3, -0.25) is 0 Å². The summed E-state index contributed by atoms with van der Waals surface area (Å²) in [5.74, 6) is 0. The minimum atomic E-state index is 0.183. The molecule has 0 fully saturated rings. The molecule has 0 aromatic heterocycles. The Morgan fingerprint density at radius 3 is 2.57 bits per heavy atom. The molecule has 80 valence electrons. The molecule has 0 aromatic carbocycles. The van der Waals surface area contributed by atoms with Crippen molar-refractivity contribution in [3.8, 4) is 0 Å². The van der Waals surface area contributed by atoms with Gasteiger partial charge < -0.3 is 0 Å². The number of allylic oxidation sites excluding steroid dienone is 2. The highest BCUT2D eigenvalue weighted by atomic mass is 32.2. The van der Waals surface area contributed by atoms with Crippen molar-refractivity contribution in [2.75, 3.05) is 0 Å². The summed E-state index contributed by atoms with van der Waals surface area (Å²) in [6.45, 7) is 11.2. The van der Waals surface area contributed by atoms with Crippen LogP contribution in [0.3, 0.4) is 0 Å². The SMILES string of the molecule is CCCC1(C)C=NSC(C(C)(C)C)=C1. The van der Waals surface area contributed by atoms with E-state index < -0.39 is 0 Å². The molecular formula is C12H21NS. The molecule has 1 aliphatic rings. The first-order chi connectivity index (χ1) is 6.37. The van der Waals surface area contributed by atoms with Gasteiger partial charge >= 0.3 is 0 Å². The zero-order valence-corrected chi connectivity index (χ0v) is 10.7. The topological polar surface area (TPSA) is 12.4 Å². The molecule has 0 bridgehead atoms. The molecule has 0 amide bonds. The Kier molecular flexibility index (Phi) is 3.46. The van der Waals surface area contributed by atoms with Crippen LogP contribution in [0.1, 0.15) is 47.5 Å². The lowest BCUT2D eigenvalue weighted by Crippen LogP contribution is -2.20. The summed E-state index contributed by atoms with van der Waals surface area (Å²) in [7, 11) is 0. The van der Waals surface area contributed by atoms with Gasteiger partial charge in [0, 0.05) is 28.5 Å². The van der Waals surface area contributed by atoms with Crippen LogP contribution in [0.25, 0.3) is 0 Å². The highest BCUT2D eigenvalue weighted by Gasteiger charge is 2.27. The van der Waals surface area contributed by atoms with Gasteiger partial charge in [-0.25, -0.2) is 4.40 Å². The van der Waals surface area contributed by atoms with Gasteiger partial charge in [-0.2, -0.15) is 0 Å². The molecule has 0 spiro atoms. The van der Waals surface area contributed by atoms with Gasteiger partial charge in [0.05, 0.1) is 0 Å². The van der Waals surface area contributed by atoms with Crippen LogP contribution in [-0.2, 0) is 0 Å². The minimum Gasteiger partial charge on any atom is -0.223 e. The average molecular weight is 211 g/mol. The smallest absolute Gasteiger partial charge is 0.0227 e. The maximum absolute atomic E-state index is 4.42. The van der Waals surface area contributed by atoms with Crippen LogP contribution in [0.15, 0.2) is 15.4 Å². The number of nitrogens with zero attached hydrogens (tertiary/aromatic N) is 1. The fourth-order valence-corrected chi connectivity index (χ4v) is 2.60. The fraction of sp³-hybridized carbons (Fsp3) is 0.750. The van der Waals surface area contributed by atoms with Crippen molar-refractivity contribution in [1.82, 2.24) is 0 Å². The molecule has 1 nitrogen and oxygen atoms in total. The summed E-state index contributed by atoms with van der Waals surface area (Å²) >= 11 is 1.63. The molecule has 0 saturated heterocycles. The first-order valence-corrected chi connectivity index (χ1v) is 6.09. The van der Waals surface area contributed by atoms with Gasteiger partial charge in [0.2, 0.25) is 0 Å². The molecule has 0 radical (unpaired) electrons. The van der Waals surface area contributed by atoms with E-state index in [0.717, 1.165) is 0 Å². The highest BCUT2D eigenvalue weighted by molar-refractivity contribution is 8.02. The van der Waals surface area contributed by atoms with Gasteiger partial charge in [-0.15, -0.1) is 0 Å². The van der Waals surface area contributed by atoms with Crippen molar-refractivity contribution in [3.63, 3.8) is 0 Å². The van der Waals surface area contributed by atoms with E-state index in [1.165, 1.54) is 17.7 Å². The van der Waals surface area contributed by atoms with Crippen molar-refractivity contribution in [1.29, 1.82) is 0 Å². The normalized spacial score (nSPS) is 27.6. The van der Waals surface area contributed by atoms with Crippen molar-refractivity contribution < 1.29 is 0 Å². The summed E-state index contributed by atoms with van der Waals surface area (Å²) < 4.78 is 4.42. The van der Waals surface area contributed by atoms with Crippen LogP contribution >= 0.6 is 11.9 Å². The molecule has 0 N–H and O–H groups in total. The lowest BCUT2D eigenvalue weighted by atomic mass is 9.83. The number of hydrogen-bond donors (Lipinski definition) is 0. The van der Waals surface area contributed by atoms with Crippen molar-refractivity contribution in [2.45, 2.75) is 47.5 Å². The predicted octanol–water partition coefficient (Wildman–Crippen LogP) is 4.46. The molecular weight excluding hydrogens is 190 g/mol. The standard InChI is InChI=1S/C12H21NS/c1-6-7-12(5)8-10(11(2,3)4)14-13-9-12/h8-9H,6-7H2,1-5H3. The third-order valence-electron chi connectivity index (χ3n) is 2.49. The largest absolute Gasteiger partial charge is 0.223 e. The Morgan fingerprint density at radius 1 is 1.43 bits per heavy atom. The Labute approximate surface area is 92.2 Å². The third-order valence-corrected chi connectivity index (χ3v) is 3.63. The van der Waals surface area contributed by atoms with E-state index in [2.05, 4.69) is 51.3 Å². The van der Waals surface area contributed by atoms with E-state index in [-0.39, 0.29) is 10.8 Å². The van der Waals surface area contributed by atoms with E-state index in [1.54, 1.807) is 11.9 Å². The van der Waals surface area contributed by atoms with Crippen molar-refractivity contribution >= 4 is 18.2 Å². The molecule has 14 heavy (non-hydrogen) atoms. The van der Waals surface area contributed by atoms with E-state index >= 15 is 0 Å². The Morgan fingerprint density at radius 2 is 2.07 bits per heavy atom. The average Bonchev–Trinajstić information content (AvgIpc) is 2.02.